The number of ether oxygens (including phenoxy) is 1. The van der Waals surface area contributed by atoms with Crippen LogP contribution >= 0.6 is 23.2 Å². The molecule has 94 valence electrons. The second-order valence-corrected chi connectivity index (χ2v) is 5.55. The van der Waals surface area contributed by atoms with Gasteiger partial charge in [0.2, 0.25) is 0 Å². The van der Waals surface area contributed by atoms with Crippen LogP contribution in [0.3, 0.4) is 0 Å². The maximum absolute atomic E-state index is 6.53. The fourth-order valence-corrected chi connectivity index (χ4v) is 3.19. The molecule has 0 aromatic heterocycles. The molecule has 17 heavy (non-hydrogen) atoms. The zero-order chi connectivity index (χ0) is 12.3. The topological polar surface area (TPSA) is 9.23 Å². The van der Waals surface area contributed by atoms with Gasteiger partial charge in [0.25, 0.3) is 0 Å². The molecule has 0 bridgehead atoms. The molecule has 0 spiro atoms. The molecule has 3 heteroatoms. The molecule has 3 atom stereocenters. The van der Waals surface area contributed by atoms with E-state index < -0.39 is 0 Å². The van der Waals surface area contributed by atoms with Crippen molar-refractivity contribution in [3.63, 3.8) is 0 Å². The van der Waals surface area contributed by atoms with Gasteiger partial charge >= 0.3 is 0 Å². The normalized spacial score (nSPS) is 26.1. The summed E-state index contributed by atoms with van der Waals surface area (Å²) in [6.45, 7) is 3.00. The molecule has 1 fully saturated rings. The fourth-order valence-electron chi connectivity index (χ4n) is 2.52. The van der Waals surface area contributed by atoms with Gasteiger partial charge < -0.3 is 4.74 Å². The molecule has 1 aromatic carbocycles. The average molecular weight is 273 g/mol. The molecule has 1 aliphatic rings. The summed E-state index contributed by atoms with van der Waals surface area (Å²) in [5, 5.41) is 0.924. The van der Waals surface area contributed by atoms with Gasteiger partial charge in [-0.3, -0.25) is 0 Å². The molecule has 1 heterocycles. The lowest BCUT2D eigenvalue weighted by Gasteiger charge is -2.22. The summed E-state index contributed by atoms with van der Waals surface area (Å²) >= 11 is 12.7. The van der Waals surface area contributed by atoms with Crippen molar-refractivity contribution in [1.29, 1.82) is 0 Å². The Hall–Kier alpha value is -0.240. The Balaban J connectivity index is 2.01. The van der Waals surface area contributed by atoms with Crippen LogP contribution in [0.25, 0.3) is 0 Å². The number of halogens is 2. The van der Waals surface area contributed by atoms with Gasteiger partial charge in [0.05, 0.1) is 6.10 Å². The summed E-state index contributed by atoms with van der Waals surface area (Å²) in [4.78, 5) is 0. The SMILES string of the molecule is CCC1OCCC1C(Cl)Cc1ccccc1Cl. The van der Waals surface area contributed by atoms with Crippen molar-refractivity contribution in [3.8, 4) is 0 Å². The predicted octanol–water partition coefficient (Wildman–Crippen LogP) is 4.31. The Kier molecular flexibility index (Phi) is 4.72. The minimum Gasteiger partial charge on any atom is -0.378 e. The number of alkyl halides is 1. The zero-order valence-electron chi connectivity index (χ0n) is 10.0. The average Bonchev–Trinajstić information content (AvgIpc) is 2.80. The third kappa shape index (κ3) is 3.15. The van der Waals surface area contributed by atoms with E-state index in [4.69, 9.17) is 27.9 Å². The third-order valence-electron chi connectivity index (χ3n) is 3.50. The fraction of sp³-hybridized carbons (Fsp3) is 0.571. The molecular weight excluding hydrogens is 255 g/mol. The first-order chi connectivity index (χ1) is 8.22. The van der Waals surface area contributed by atoms with Crippen molar-refractivity contribution in [2.75, 3.05) is 6.61 Å². The lowest BCUT2D eigenvalue weighted by Crippen LogP contribution is -2.25. The summed E-state index contributed by atoms with van der Waals surface area (Å²) < 4.78 is 5.69. The lowest BCUT2D eigenvalue weighted by molar-refractivity contribution is 0.0865. The van der Waals surface area contributed by atoms with Crippen molar-refractivity contribution in [3.05, 3.63) is 34.9 Å². The highest BCUT2D eigenvalue weighted by Crippen LogP contribution is 2.32. The van der Waals surface area contributed by atoms with Crippen LogP contribution in [0, 0.1) is 5.92 Å². The quantitative estimate of drug-likeness (QED) is 0.743. The van der Waals surface area contributed by atoms with Gasteiger partial charge in [-0.05, 0) is 30.9 Å². The molecule has 3 unspecified atom stereocenters. The van der Waals surface area contributed by atoms with Crippen LogP contribution in [0.2, 0.25) is 5.02 Å². The van der Waals surface area contributed by atoms with E-state index in [0.717, 1.165) is 36.5 Å². The molecule has 0 amide bonds. The largest absolute Gasteiger partial charge is 0.378 e. The number of hydrogen-bond acceptors (Lipinski definition) is 1. The first-order valence-corrected chi connectivity index (χ1v) is 7.03. The summed E-state index contributed by atoms with van der Waals surface area (Å²) in [6.07, 6.45) is 3.25. The van der Waals surface area contributed by atoms with Crippen molar-refractivity contribution in [2.45, 2.75) is 37.7 Å². The highest BCUT2D eigenvalue weighted by atomic mass is 35.5. The van der Waals surface area contributed by atoms with Crippen molar-refractivity contribution in [1.82, 2.24) is 0 Å². The molecule has 0 aliphatic carbocycles. The molecular formula is C14H18Cl2O. The molecule has 1 nitrogen and oxygen atoms in total. The van der Waals surface area contributed by atoms with Crippen LogP contribution in [0.1, 0.15) is 25.3 Å². The smallest absolute Gasteiger partial charge is 0.0615 e. The van der Waals surface area contributed by atoms with Gasteiger partial charge in [-0.2, -0.15) is 0 Å². The zero-order valence-corrected chi connectivity index (χ0v) is 11.5. The molecule has 0 radical (unpaired) electrons. The van der Waals surface area contributed by atoms with Gasteiger partial charge in [0, 0.05) is 22.9 Å². The third-order valence-corrected chi connectivity index (χ3v) is 4.35. The van der Waals surface area contributed by atoms with Gasteiger partial charge in [0.1, 0.15) is 0 Å². The summed E-state index contributed by atoms with van der Waals surface area (Å²) in [5.41, 5.74) is 1.14. The summed E-state index contributed by atoms with van der Waals surface area (Å²) in [5.74, 6) is 0.456. The maximum atomic E-state index is 6.53. The number of hydrogen-bond donors (Lipinski definition) is 0. The predicted molar refractivity (Wildman–Crippen MR) is 72.9 cm³/mol. The van der Waals surface area contributed by atoms with E-state index in [1.54, 1.807) is 0 Å². The van der Waals surface area contributed by atoms with E-state index in [0.29, 0.717) is 12.0 Å². The van der Waals surface area contributed by atoms with Gasteiger partial charge in [-0.1, -0.05) is 36.7 Å². The Morgan fingerprint density at radius 3 is 2.88 bits per heavy atom. The first kappa shape index (κ1) is 13.2. The van der Waals surface area contributed by atoms with Gasteiger partial charge in [-0.25, -0.2) is 0 Å². The molecule has 2 rings (SSSR count). The van der Waals surface area contributed by atoms with Crippen LogP contribution in [0.4, 0.5) is 0 Å². The van der Waals surface area contributed by atoms with Crippen LogP contribution in [0.15, 0.2) is 24.3 Å². The number of rotatable bonds is 4. The van der Waals surface area contributed by atoms with E-state index in [9.17, 15) is 0 Å². The maximum Gasteiger partial charge on any atom is 0.0615 e. The standard InChI is InChI=1S/C14H18Cl2O/c1-2-14-11(7-8-17-14)13(16)9-10-5-3-4-6-12(10)15/h3-6,11,13-14H,2,7-9H2,1H3. The van der Waals surface area contributed by atoms with E-state index >= 15 is 0 Å². The Morgan fingerprint density at radius 2 is 2.18 bits per heavy atom. The molecule has 0 saturated carbocycles. The minimum atomic E-state index is 0.113. The minimum absolute atomic E-state index is 0.113. The second kappa shape index (κ2) is 6.08. The van der Waals surface area contributed by atoms with Crippen LogP contribution in [-0.4, -0.2) is 18.1 Å². The summed E-state index contributed by atoms with van der Waals surface area (Å²) in [6, 6.07) is 7.92. The Morgan fingerprint density at radius 1 is 1.41 bits per heavy atom. The second-order valence-electron chi connectivity index (χ2n) is 4.58. The van der Waals surface area contributed by atoms with E-state index in [1.807, 2.05) is 18.2 Å². The van der Waals surface area contributed by atoms with Crippen LogP contribution in [-0.2, 0) is 11.2 Å². The van der Waals surface area contributed by atoms with Crippen LogP contribution < -0.4 is 0 Å². The summed E-state index contributed by atoms with van der Waals surface area (Å²) in [7, 11) is 0. The Labute approximate surface area is 113 Å². The van der Waals surface area contributed by atoms with E-state index in [1.165, 1.54) is 0 Å². The van der Waals surface area contributed by atoms with Crippen LogP contribution in [0.5, 0.6) is 0 Å². The van der Waals surface area contributed by atoms with Gasteiger partial charge in [0.15, 0.2) is 0 Å². The lowest BCUT2D eigenvalue weighted by atomic mass is 9.92. The van der Waals surface area contributed by atoms with Gasteiger partial charge in [-0.15, -0.1) is 11.6 Å². The molecule has 0 N–H and O–H groups in total. The Bertz CT molecular complexity index is 367. The molecule has 1 aromatic rings. The van der Waals surface area contributed by atoms with Crippen molar-refractivity contribution >= 4 is 23.2 Å². The monoisotopic (exact) mass is 272 g/mol. The molecule has 1 aliphatic heterocycles. The van der Waals surface area contributed by atoms with E-state index in [-0.39, 0.29) is 5.38 Å². The van der Waals surface area contributed by atoms with Crippen molar-refractivity contribution in [2.24, 2.45) is 5.92 Å². The number of benzene rings is 1. The highest BCUT2D eigenvalue weighted by molar-refractivity contribution is 6.31. The van der Waals surface area contributed by atoms with Crippen molar-refractivity contribution < 1.29 is 4.74 Å². The first-order valence-electron chi connectivity index (χ1n) is 6.21. The highest BCUT2D eigenvalue weighted by Gasteiger charge is 2.32. The van der Waals surface area contributed by atoms with E-state index in [2.05, 4.69) is 13.0 Å². The molecule has 1 saturated heterocycles.